The molecule has 1 fully saturated rings. The molecule has 1 amide bonds. The third-order valence-corrected chi connectivity index (χ3v) is 3.02. The minimum atomic E-state index is -0.311. The number of aromatic nitrogens is 2. The molecule has 0 aromatic carbocycles. The third-order valence-electron chi connectivity index (χ3n) is 2.83. The summed E-state index contributed by atoms with van der Waals surface area (Å²) >= 11 is 5.67. The van der Waals surface area contributed by atoms with Crippen LogP contribution in [0.5, 0.6) is 0 Å². The number of nitrogens with zero attached hydrogens (tertiary/aromatic N) is 3. The topological polar surface area (TPSA) is 64.4 Å². The van der Waals surface area contributed by atoms with Crippen LogP contribution in [0.4, 0.5) is 0 Å². The highest BCUT2D eigenvalue weighted by Gasteiger charge is 2.18. The molecule has 0 bridgehead atoms. The molecule has 0 unspecified atom stereocenters. The summed E-state index contributed by atoms with van der Waals surface area (Å²) in [7, 11) is 0. The van der Waals surface area contributed by atoms with Gasteiger partial charge in [-0.25, -0.2) is 4.98 Å². The molecule has 7 heteroatoms. The fraction of sp³-hybridized carbons (Fsp3) is 0.545. The highest BCUT2D eigenvalue weighted by atomic mass is 35.5. The molecule has 0 N–H and O–H groups in total. The minimum Gasteiger partial charge on any atom is -0.378 e. The molecule has 98 valence electrons. The van der Waals surface area contributed by atoms with Gasteiger partial charge in [-0.1, -0.05) is 11.6 Å². The average Bonchev–Trinajstić information content (AvgIpc) is 2.34. The van der Waals surface area contributed by atoms with Gasteiger partial charge in [-0.15, -0.1) is 0 Å². The number of rotatable bonds is 2. The van der Waals surface area contributed by atoms with Crippen LogP contribution in [-0.4, -0.2) is 46.7 Å². The van der Waals surface area contributed by atoms with Gasteiger partial charge in [-0.2, -0.15) is 0 Å². The predicted molar refractivity (Wildman–Crippen MR) is 65.6 cm³/mol. The number of aryl methyl sites for hydroxylation is 1. The van der Waals surface area contributed by atoms with E-state index in [1.807, 2.05) is 0 Å². The Morgan fingerprint density at radius 1 is 1.50 bits per heavy atom. The smallest absolute Gasteiger partial charge is 0.255 e. The molecule has 0 atom stereocenters. The van der Waals surface area contributed by atoms with E-state index in [2.05, 4.69) is 4.98 Å². The number of carbonyl (C=O) groups is 1. The maximum Gasteiger partial charge on any atom is 0.255 e. The van der Waals surface area contributed by atoms with Gasteiger partial charge in [0.2, 0.25) is 5.91 Å². The van der Waals surface area contributed by atoms with Crippen molar-refractivity contribution in [3.05, 3.63) is 27.4 Å². The van der Waals surface area contributed by atoms with Crippen molar-refractivity contribution in [1.82, 2.24) is 14.5 Å². The van der Waals surface area contributed by atoms with E-state index in [0.717, 1.165) is 0 Å². The van der Waals surface area contributed by atoms with Gasteiger partial charge in [0.25, 0.3) is 5.56 Å². The van der Waals surface area contributed by atoms with E-state index in [4.69, 9.17) is 16.3 Å². The van der Waals surface area contributed by atoms with Crippen LogP contribution in [0.3, 0.4) is 0 Å². The van der Waals surface area contributed by atoms with Crippen LogP contribution in [0.2, 0.25) is 5.15 Å². The lowest BCUT2D eigenvalue weighted by atomic mass is 10.4. The van der Waals surface area contributed by atoms with Crippen molar-refractivity contribution in [2.75, 3.05) is 26.3 Å². The Labute approximate surface area is 109 Å². The van der Waals surface area contributed by atoms with E-state index in [9.17, 15) is 9.59 Å². The molecule has 1 aromatic rings. The van der Waals surface area contributed by atoms with Crippen LogP contribution < -0.4 is 5.56 Å². The molecule has 2 heterocycles. The largest absolute Gasteiger partial charge is 0.378 e. The van der Waals surface area contributed by atoms with E-state index >= 15 is 0 Å². The van der Waals surface area contributed by atoms with Crippen LogP contribution >= 0.6 is 11.6 Å². The van der Waals surface area contributed by atoms with Crippen molar-refractivity contribution in [2.45, 2.75) is 13.5 Å². The summed E-state index contributed by atoms with van der Waals surface area (Å²) < 4.78 is 6.49. The van der Waals surface area contributed by atoms with E-state index in [1.165, 1.54) is 10.6 Å². The summed E-state index contributed by atoms with van der Waals surface area (Å²) in [6, 6.07) is 1.21. The highest BCUT2D eigenvalue weighted by molar-refractivity contribution is 6.29. The summed E-state index contributed by atoms with van der Waals surface area (Å²) in [6.07, 6.45) is 0. The highest BCUT2D eigenvalue weighted by Crippen LogP contribution is 2.03. The van der Waals surface area contributed by atoms with Crippen molar-refractivity contribution in [1.29, 1.82) is 0 Å². The second-order valence-electron chi connectivity index (χ2n) is 4.04. The average molecular weight is 272 g/mol. The SMILES string of the molecule is Cc1nc(Cl)cc(=O)n1CC(=O)N1CCOCC1. The quantitative estimate of drug-likeness (QED) is 0.714. The molecule has 0 saturated carbocycles. The van der Waals surface area contributed by atoms with Gasteiger partial charge in [0.05, 0.1) is 13.2 Å². The zero-order valence-electron chi connectivity index (χ0n) is 10.1. The van der Waals surface area contributed by atoms with Crippen molar-refractivity contribution < 1.29 is 9.53 Å². The molecular formula is C11H14ClN3O3. The van der Waals surface area contributed by atoms with E-state index in [-0.39, 0.29) is 23.2 Å². The molecule has 2 rings (SSSR count). The Hall–Kier alpha value is -1.40. The first-order chi connectivity index (χ1) is 8.58. The molecule has 1 aromatic heterocycles. The summed E-state index contributed by atoms with van der Waals surface area (Å²) in [5.74, 6) is 0.335. The molecule has 1 aliphatic heterocycles. The maximum atomic E-state index is 12.0. The third kappa shape index (κ3) is 2.88. The van der Waals surface area contributed by atoms with Gasteiger partial charge in [-0.05, 0) is 6.92 Å². The molecule has 1 saturated heterocycles. The monoisotopic (exact) mass is 271 g/mol. The standard InChI is InChI=1S/C11H14ClN3O3/c1-8-13-9(12)6-10(16)15(8)7-11(17)14-2-4-18-5-3-14/h6H,2-5,7H2,1H3. The molecule has 0 radical (unpaired) electrons. The van der Waals surface area contributed by atoms with E-state index in [1.54, 1.807) is 11.8 Å². The molecule has 0 aliphatic carbocycles. The van der Waals surface area contributed by atoms with Gasteiger partial charge in [0, 0.05) is 19.2 Å². The molecular weight excluding hydrogens is 258 g/mol. The lowest BCUT2D eigenvalue weighted by molar-refractivity contribution is -0.136. The van der Waals surface area contributed by atoms with Gasteiger partial charge in [0.15, 0.2) is 0 Å². The van der Waals surface area contributed by atoms with Gasteiger partial charge >= 0.3 is 0 Å². The fourth-order valence-electron chi connectivity index (χ4n) is 1.83. The molecule has 0 spiro atoms. The second kappa shape index (κ2) is 5.49. The first-order valence-corrected chi connectivity index (χ1v) is 6.05. The van der Waals surface area contributed by atoms with Crippen LogP contribution in [0.1, 0.15) is 5.82 Å². The summed E-state index contributed by atoms with van der Waals surface area (Å²) in [5.41, 5.74) is -0.311. The summed E-state index contributed by atoms with van der Waals surface area (Å²) in [6.45, 7) is 3.85. The number of hydrogen-bond donors (Lipinski definition) is 0. The minimum absolute atomic E-state index is 0.00512. The fourth-order valence-corrected chi connectivity index (χ4v) is 2.04. The summed E-state index contributed by atoms with van der Waals surface area (Å²) in [5, 5.41) is 0.146. The molecule has 18 heavy (non-hydrogen) atoms. The molecule has 1 aliphatic rings. The Kier molecular flexibility index (Phi) is 3.98. The van der Waals surface area contributed by atoms with Crippen molar-refractivity contribution >= 4 is 17.5 Å². The molecule has 6 nitrogen and oxygen atoms in total. The second-order valence-corrected chi connectivity index (χ2v) is 4.43. The zero-order valence-corrected chi connectivity index (χ0v) is 10.8. The van der Waals surface area contributed by atoms with Crippen molar-refractivity contribution in [3.8, 4) is 0 Å². The van der Waals surface area contributed by atoms with E-state index in [0.29, 0.717) is 32.1 Å². The van der Waals surface area contributed by atoms with Crippen molar-refractivity contribution in [3.63, 3.8) is 0 Å². The Balaban J connectivity index is 2.14. The Bertz CT molecular complexity index is 509. The number of hydrogen-bond acceptors (Lipinski definition) is 4. The van der Waals surface area contributed by atoms with Crippen LogP contribution in [0.25, 0.3) is 0 Å². The van der Waals surface area contributed by atoms with Crippen LogP contribution in [0, 0.1) is 6.92 Å². The Morgan fingerprint density at radius 3 is 2.78 bits per heavy atom. The number of morpholine rings is 1. The van der Waals surface area contributed by atoms with Gasteiger partial charge < -0.3 is 9.64 Å². The zero-order chi connectivity index (χ0) is 13.1. The normalized spacial score (nSPS) is 15.8. The van der Waals surface area contributed by atoms with Gasteiger partial charge in [0.1, 0.15) is 17.5 Å². The van der Waals surface area contributed by atoms with Crippen molar-refractivity contribution in [2.24, 2.45) is 0 Å². The van der Waals surface area contributed by atoms with Gasteiger partial charge in [-0.3, -0.25) is 14.2 Å². The lowest BCUT2D eigenvalue weighted by Gasteiger charge is -2.27. The van der Waals surface area contributed by atoms with E-state index < -0.39 is 0 Å². The first kappa shape index (κ1) is 13.0. The Morgan fingerprint density at radius 2 is 2.17 bits per heavy atom. The first-order valence-electron chi connectivity index (χ1n) is 5.67. The number of carbonyl (C=O) groups excluding carboxylic acids is 1. The summed E-state index contributed by atoms with van der Waals surface area (Å²) in [4.78, 5) is 29.4. The number of ether oxygens (including phenoxy) is 1. The maximum absolute atomic E-state index is 12.0. The van der Waals surface area contributed by atoms with Crippen LogP contribution in [0.15, 0.2) is 10.9 Å². The predicted octanol–water partition coefficient (Wildman–Crippen LogP) is 0.0639. The number of halogens is 1. The number of amides is 1. The van der Waals surface area contributed by atoms with Crippen LogP contribution in [-0.2, 0) is 16.1 Å². The lowest BCUT2D eigenvalue weighted by Crippen LogP contribution is -2.43.